The van der Waals surface area contributed by atoms with Gasteiger partial charge >= 0.3 is 11.9 Å². The third kappa shape index (κ3) is 8.63. The van der Waals surface area contributed by atoms with Gasteiger partial charge in [-0.2, -0.15) is 0 Å². The van der Waals surface area contributed by atoms with Crippen LogP contribution in [0.5, 0.6) is 0 Å². The Labute approximate surface area is 159 Å². The molecule has 5 nitrogen and oxygen atoms in total. The minimum Gasteiger partial charge on any atom is -0.393 e. The summed E-state index contributed by atoms with van der Waals surface area (Å²) in [5.74, 6) is -1.55. The molecule has 0 aromatic rings. The normalized spacial score (nSPS) is 15.3. The van der Waals surface area contributed by atoms with E-state index in [1.807, 2.05) is 6.92 Å². The number of unbranched alkanes of at least 4 members (excludes halogenated alkanes) is 4. The number of hydrogen-bond acceptors (Lipinski definition) is 5. The maximum atomic E-state index is 12.4. The van der Waals surface area contributed by atoms with Crippen LogP contribution in [0.2, 0.25) is 0 Å². The van der Waals surface area contributed by atoms with Gasteiger partial charge in [-0.3, -0.25) is 4.79 Å². The second-order valence-electron chi connectivity index (χ2n) is 8.18. The highest BCUT2D eigenvalue weighted by Gasteiger charge is 2.42. The number of hydrogen-bond donors (Lipinski definition) is 2. The largest absolute Gasteiger partial charge is 0.393 e. The predicted molar refractivity (Wildman–Crippen MR) is 104 cm³/mol. The molecule has 0 aliphatic carbocycles. The van der Waals surface area contributed by atoms with Gasteiger partial charge in [0.1, 0.15) is 0 Å². The average Bonchev–Trinajstić information content (AvgIpc) is 2.61. The fourth-order valence-corrected chi connectivity index (χ4v) is 3.05. The van der Waals surface area contributed by atoms with E-state index < -0.39 is 29.6 Å². The third-order valence-electron chi connectivity index (χ3n) is 5.20. The number of esters is 2. The molecule has 5 heteroatoms. The first-order chi connectivity index (χ1) is 12.2. The Morgan fingerprint density at radius 3 is 2.08 bits per heavy atom. The van der Waals surface area contributed by atoms with Crippen molar-refractivity contribution in [3.8, 4) is 0 Å². The monoisotopic (exact) mass is 372 g/mol. The minimum atomic E-state index is -2.01. The Bertz CT molecular complexity index is 419. The van der Waals surface area contributed by atoms with Gasteiger partial charge in [-0.1, -0.05) is 72.1 Å². The number of rotatable bonds is 14. The standard InChI is InChI=1S/C21H40O5/c1-6-9-11-12-14-20(4,5)18(23)26-19(24)21(25,16-22)15-17(8-3)13-10-7-2/h17,22,25H,6-16H2,1-5H3. The summed E-state index contributed by atoms with van der Waals surface area (Å²) in [7, 11) is 0. The molecule has 0 aliphatic rings. The fraction of sp³-hybridized carbons (Fsp3) is 0.905. The molecule has 0 heterocycles. The number of aliphatic hydroxyl groups excluding tert-OH is 1. The van der Waals surface area contributed by atoms with Gasteiger partial charge < -0.3 is 14.9 Å². The zero-order chi connectivity index (χ0) is 20.2. The Kier molecular flexibility index (Phi) is 12.0. The van der Waals surface area contributed by atoms with Gasteiger partial charge in [0, 0.05) is 0 Å². The van der Waals surface area contributed by atoms with Crippen molar-refractivity contribution >= 4 is 11.9 Å². The highest BCUT2D eigenvalue weighted by atomic mass is 16.6. The maximum Gasteiger partial charge on any atom is 0.348 e. The van der Waals surface area contributed by atoms with Crippen molar-refractivity contribution in [1.82, 2.24) is 0 Å². The predicted octanol–water partition coefficient (Wildman–Crippen LogP) is 4.38. The van der Waals surface area contributed by atoms with Gasteiger partial charge in [-0.05, 0) is 32.6 Å². The molecule has 2 atom stereocenters. The fourth-order valence-electron chi connectivity index (χ4n) is 3.05. The Morgan fingerprint density at radius 1 is 0.962 bits per heavy atom. The van der Waals surface area contributed by atoms with E-state index in [1.54, 1.807) is 13.8 Å². The lowest BCUT2D eigenvalue weighted by atomic mass is 9.85. The van der Waals surface area contributed by atoms with Crippen LogP contribution in [0.3, 0.4) is 0 Å². The van der Waals surface area contributed by atoms with Crippen molar-refractivity contribution in [2.45, 2.75) is 104 Å². The van der Waals surface area contributed by atoms with E-state index in [0.717, 1.165) is 51.4 Å². The van der Waals surface area contributed by atoms with Crippen molar-refractivity contribution in [1.29, 1.82) is 0 Å². The lowest BCUT2D eigenvalue weighted by Gasteiger charge is -2.29. The number of aliphatic hydroxyl groups is 2. The zero-order valence-corrected chi connectivity index (χ0v) is 17.5. The highest BCUT2D eigenvalue weighted by Crippen LogP contribution is 2.29. The second-order valence-corrected chi connectivity index (χ2v) is 8.18. The molecule has 0 aliphatic heterocycles. The summed E-state index contributed by atoms with van der Waals surface area (Å²) in [6.45, 7) is 8.97. The van der Waals surface area contributed by atoms with E-state index >= 15 is 0 Å². The topological polar surface area (TPSA) is 83.8 Å². The summed E-state index contributed by atoms with van der Waals surface area (Å²) in [5.41, 5.74) is -2.80. The smallest absolute Gasteiger partial charge is 0.348 e. The molecular weight excluding hydrogens is 332 g/mol. The van der Waals surface area contributed by atoms with E-state index in [4.69, 9.17) is 4.74 Å². The van der Waals surface area contributed by atoms with Gasteiger partial charge in [-0.15, -0.1) is 0 Å². The average molecular weight is 373 g/mol. The minimum absolute atomic E-state index is 0.108. The SMILES string of the molecule is CCCCCCC(C)(C)C(=O)OC(=O)C(O)(CO)CC(CC)CCCC. The van der Waals surface area contributed by atoms with E-state index in [-0.39, 0.29) is 12.3 Å². The van der Waals surface area contributed by atoms with Crippen LogP contribution in [0.25, 0.3) is 0 Å². The molecule has 0 spiro atoms. The van der Waals surface area contributed by atoms with Crippen molar-refractivity contribution in [3.63, 3.8) is 0 Å². The van der Waals surface area contributed by atoms with E-state index in [9.17, 15) is 19.8 Å². The van der Waals surface area contributed by atoms with Crippen LogP contribution in [-0.2, 0) is 14.3 Å². The van der Waals surface area contributed by atoms with Crippen molar-refractivity contribution < 1.29 is 24.5 Å². The molecule has 2 N–H and O–H groups in total. The Hall–Kier alpha value is -0.940. The molecule has 0 saturated heterocycles. The summed E-state index contributed by atoms with van der Waals surface area (Å²) >= 11 is 0. The first-order valence-corrected chi connectivity index (χ1v) is 10.3. The maximum absolute atomic E-state index is 12.4. The second kappa shape index (κ2) is 12.4. The molecule has 0 aromatic carbocycles. The van der Waals surface area contributed by atoms with Crippen molar-refractivity contribution in [2.24, 2.45) is 11.3 Å². The molecule has 0 aromatic heterocycles. The van der Waals surface area contributed by atoms with Gasteiger partial charge in [0.15, 0.2) is 5.60 Å². The molecule has 2 unspecified atom stereocenters. The van der Waals surface area contributed by atoms with Crippen LogP contribution in [0, 0.1) is 11.3 Å². The third-order valence-corrected chi connectivity index (χ3v) is 5.20. The molecule has 0 amide bonds. The molecule has 26 heavy (non-hydrogen) atoms. The molecule has 0 fully saturated rings. The van der Waals surface area contributed by atoms with E-state index in [0.29, 0.717) is 6.42 Å². The van der Waals surface area contributed by atoms with E-state index in [1.165, 1.54) is 0 Å². The number of carbonyl (C=O) groups excluding carboxylic acids is 2. The molecule has 154 valence electrons. The summed E-state index contributed by atoms with van der Waals surface area (Å²) in [6, 6.07) is 0. The van der Waals surface area contributed by atoms with Crippen LogP contribution in [0.4, 0.5) is 0 Å². The van der Waals surface area contributed by atoms with Crippen molar-refractivity contribution in [2.75, 3.05) is 6.61 Å². The van der Waals surface area contributed by atoms with Gasteiger partial charge in [0.2, 0.25) is 0 Å². The lowest BCUT2D eigenvalue weighted by Crippen LogP contribution is -2.47. The number of ether oxygens (including phenoxy) is 1. The summed E-state index contributed by atoms with van der Waals surface area (Å²) in [5, 5.41) is 20.2. The Morgan fingerprint density at radius 2 is 1.58 bits per heavy atom. The van der Waals surface area contributed by atoms with Crippen LogP contribution < -0.4 is 0 Å². The van der Waals surface area contributed by atoms with Crippen LogP contribution >= 0.6 is 0 Å². The molecule has 0 saturated carbocycles. The van der Waals surface area contributed by atoms with Crippen LogP contribution in [0.1, 0.15) is 98.8 Å². The molecule has 0 radical (unpaired) electrons. The first-order valence-electron chi connectivity index (χ1n) is 10.3. The van der Waals surface area contributed by atoms with Crippen molar-refractivity contribution in [3.05, 3.63) is 0 Å². The summed E-state index contributed by atoms with van der Waals surface area (Å²) < 4.78 is 4.99. The lowest BCUT2D eigenvalue weighted by molar-refractivity contribution is -0.183. The van der Waals surface area contributed by atoms with E-state index in [2.05, 4.69) is 13.8 Å². The molecule has 0 rings (SSSR count). The number of carbonyl (C=O) groups is 2. The van der Waals surface area contributed by atoms with Gasteiger partial charge in [-0.25, -0.2) is 4.79 Å². The molecular formula is C21H40O5. The van der Waals surface area contributed by atoms with Gasteiger partial charge in [0.25, 0.3) is 0 Å². The zero-order valence-electron chi connectivity index (χ0n) is 17.5. The molecule has 0 bridgehead atoms. The Balaban J connectivity index is 4.81. The van der Waals surface area contributed by atoms with Crippen LogP contribution in [-0.4, -0.2) is 34.4 Å². The highest BCUT2D eigenvalue weighted by molar-refractivity contribution is 5.92. The quantitative estimate of drug-likeness (QED) is 0.268. The van der Waals surface area contributed by atoms with Crippen LogP contribution in [0.15, 0.2) is 0 Å². The summed E-state index contributed by atoms with van der Waals surface area (Å²) in [6.07, 6.45) is 8.61. The summed E-state index contributed by atoms with van der Waals surface area (Å²) in [4.78, 5) is 24.8. The first kappa shape index (κ1) is 25.1. The van der Waals surface area contributed by atoms with Gasteiger partial charge in [0.05, 0.1) is 12.0 Å².